The zero-order valence-electron chi connectivity index (χ0n) is 14.6. The lowest BCUT2D eigenvalue weighted by molar-refractivity contribution is -0.136. The summed E-state index contributed by atoms with van der Waals surface area (Å²) in [6.07, 6.45) is 7.87. The van der Waals surface area contributed by atoms with Crippen LogP contribution < -0.4 is 5.32 Å². The summed E-state index contributed by atoms with van der Waals surface area (Å²) in [7, 11) is 0. The Bertz CT molecular complexity index is 629. The lowest BCUT2D eigenvalue weighted by atomic mass is 9.64. The van der Waals surface area contributed by atoms with Crippen molar-refractivity contribution in [3.63, 3.8) is 0 Å². The summed E-state index contributed by atoms with van der Waals surface area (Å²) in [6, 6.07) is 4.17. The summed E-state index contributed by atoms with van der Waals surface area (Å²) < 4.78 is 13.6. The molecule has 5 heteroatoms. The average Bonchev–Trinajstić information content (AvgIpc) is 2.59. The van der Waals surface area contributed by atoms with Crippen LogP contribution in [0, 0.1) is 11.2 Å². The highest BCUT2D eigenvalue weighted by Gasteiger charge is 2.42. The van der Waals surface area contributed by atoms with Gasteiger partial charge in [-0.3, -0.25) is 4.79 Å². The molecule has 2 unspecified atom stereocenters. The molecule has 2 N–H and O–H groups in total. The first-order chi connectivity index (χ1) is 12.0. The maximum absolute atomic E-state index is 13.6. The van der Waals surface area contributed by atoms with E-state index in [0.717, 1.165) is 50.4 Å². The quantitative estimate of drug-likeness (QED) is 0.865. The number of rotatable bonds is 2. The van der Waals surface area contributed by atoms with Crippen LogP contribution in [0.15, 0.2) is 18.2 Å². The fourth-order valence-corrected chi connectivity index (χ4v) is 4.80. The van der Waals surface area contributed by atoms with Crippen molar-refractivity contribution in [1.82, 2.24) is 10.2 Å². The molecule has 3 fully saturated rings. The van der Waals surface area contributed by atoms with Crippen LogP contribution in [-0.4, -0.2) is 41.6 Å². The summed E-state index contributed by atoms with van der Waals surface area (Å²) in [4.78, 5) is 14.9. The third-order valence-electron chi connectivity index (χ3n) is 6.51. The Morgan fingerprint density at radius 2 is 2.04 bits per heavy atom. The molecule has 3 aliphatic rings. The van der Waals surface area contributed by atoms with Crippen LogP contribution in [0.4, 0.5) is 4.39 Å². The van der Waals surface area contributed by atoms with E-state index in [1.165, 1.54) is 25.3 Å². The fraction of sp³-hybridized carbons (Fsp3) is 0.650. The van der Waals surface area contributed by atoms with Gasteiger partial charge in [0.15, 0.2) is 0 Å². The molecule has 0 radical (unpaired) electrons. The number of hydrogen-bond acceptors (Lipinski definition) is 3. The molecule has 1 aromatic carbocycles. The third kappa shape index (κ3) is 3.39. The van der Waals surface area contributed by atoms with E-state index in [4.69, 9.17) is 0 Å². The summed E-state index contributed by atoms with van der Waals surface area (Å²) in [5, 5.41) is 13.1. The standard InChI is InChI=1S/C20H27FN2O2/c21-16-9-15(10-17(24)11-16)14-3-1-8-23(12-14)19(25)18-4-7-20(13-22-18)5-2-6-20/h9-11,14,18,22,24H,1-8,12-13H2. The first-order valence-electron chi connectivity index (χ1n) is 9.56. The Morgan fingerprint density at radius 1 is 1.20 bits per heavy atom. The van der Waals surface area contributed by atoms with Gasteiger partial charge in [-0.2, -0.15) is 0 Å². The Hall–Kier alpha value is -1.62. The lowest BCUT2D eigenvalue weighted by Gasteiger charge is -2.47. The van der Waals surface area contributed by atoms with Crippen molar-refractivity contribution in [2.45, 2.75) is 56.9 Å². The predicted octanol–water partition coefficient (Wildman–Crippen LogP) is 3.16. The summed E-state index contributed by atoms with van der Waals surface area (Å²) in [5.74, 6) is -0.170. The van der Waals surface area contributed by atoms with E-state index in [1.54, 1.807) is 6.07 Å². The Morgan fingerprint density at radius 3 is 2.68 bits per heavy atom. The maximum atomic E-state index is 13.6. The SMILES string of the molecule is O=C(C1CCC2(CCC2)CN1)N1CCCC(c2cc(O)cc(F)c2)C1. The zero-order valence-corrected chi connectivity index (χ0v) is 14.6. The molecule has 0 bridgehead atoms. The average molecular weight is 346 g/mol. The van der Waals surface area contributed by atoms with Gasteiger partial charge in [-0.1, -0.05) is 6.42 Å². The number of benzene rings is 1. The molecule has 4 rings (SSSR count). The Labute approximate surface area is 148 Å². The van der Waals surface area contributed by atoms with Gasteiger partial charge < -0.3 is 15.3 Å². The number of piperidine rings is 2. The molecule has 2 atom stereocenters. The number of halogens is 1. The minimum atomic E-state index is -0.418. The minimum Gasteiger partial charge on any atom is -0.508 e. The third-order valence-corrected chi connectivity index (χ3v) is 6.51. The normalized spacial score (nSPS) is 28.6. The first kappa shape index (κ1) is 16.8. The monoisotopic (exact) mass is 346 g/mol. The van der Waals surface area contributed by atoms with Gasteiger partial charge in [0.2, 0.25) is 5.91 Å². The number of amides is 1. The van der Waals surface area contributed by atoms with Crippen molar-refractivity contribution in [1.29, 1.82) is 0 Å². The van der Waals surface area contributed by atoms with Crippen LogP contribution in [0.5, 0.6) is 5.75 Å². The van der Waals surface area contributed by atoms with E-state index in [-0.39, 0.29) is 23.6 Å². The highest BCUT2D eigenvalue weighted by molar-refractivity contribution is 5.82. The molecule has 1 aliphatic carbocycles. The van der Waals surface area contributed by atoms with Gasteiger partial charge in [-0.15, -0.1) is 0 Å². The van der Waals surface area contributed by atoms with Crippen LogP contribution in [0.1, 0.15) is 56.4 Å². The maximum Gasteiger partial charge on any atom is 0.239 e. The van der Waals surface area contributed by atoms with Crippen LogP contribution in [0.2, 0.25) is 0 Å². The molecule has 1 spiro atoms. The molecular formula is C20H27FN2O2. The molecule has 4 nitrogen and oxygen atoms in total. The summed E-state index contributed by atoms with van der Waals surface area (Å²) in [6.45, 7) is 2.36. The number of carbonyl (C=O) groups is 1. The van der Waals surface area contributed by atoms with E-state index in [2.05, 4.69) is 5.32 Å². The van der Waals surface area contributed by atoms with Gasteiger partial charge in [0.1, 0.15) is 11.6 Å². The minimum absolute atomic E-state index is 0.0433. The topological polar surface area (TPSA) is 52.6 Å². The molecule has 2 aliphatic heterocycles. The molecule has 2 saturated heterocycles. The molecule has 0 aromatic heterocycles. The molecule has 136 valence electrons. The largest absolute Gasteiger partial charge is 0.508 e. The van der Waals surface area contributed by atoms with E-state index >= 15 is 0 Å². The molecule has 1 amide bonds. The predicted molar refractivity (Wildman–Crippen MR) is 93.9 cm³/mol. The molecule has 25 heavy (non-hydrogen) atoms. The van der Waals surface area contributed by atoms with E-state index in [0.29, 0.717) is 12.0 Å². The van der Waals surface area contributed by atoms with Crippen molar-refractivity contribution >= 4 is 5.91 Å². The van der Waals surface area contributed by atoms with E-state index in [9.17, 15) is 14.3 Å². The van der Waals surface area contributed by atoms with Crippen LogP contribution >= 0.6 is 0 Å². The van der Waals surface area contributed by atoms with Gasteiger partial charge in [0.05, 0.1) is 6.04 Å². The molecule has 1 aromatic rings. The van der Waals surface area contributed by atoms with Gasteiger partial charge in [-0.25, -0.2) is 4.39 Å². The summed E-state index contributed by atoms with van der Waals surface area (Å²) in [5.41, 5.74) is 1.26. The van der Waals surface area contributed by atoms with Crippen LogP contribution in [-0.2, 0) is 4.79 Å². The smallest absolute Gasteiger partial charge is 0.239 e. The molecular weight excluding hydrogens is 319 g/mol. The van der Waals surface area contributed by atoms with Gasteiger partial charge in [0, 0.05) is 31.6 Å². The summed E-state index contributed by atoms with van der Waals surface area (Å²) >= 11 is 0. The number of phenols is 1. The molecule has 1 saturated carbocycles. The van der Waals surface area contributed by atoms with E-state index in [1.807, 2.05) is 4.90 Å². The van der Waals surface area contributed by atoms with Gasteiger partial charge in [0.25, 0.3) is 0 Å². The Kier molecular flexibility index (Phi) is 4.44. The lowest BCUT2D eigenvalue weighted by Crippen LogP contribution is -2.56. The van der Waals surface area contributed by atoms with Crippen LogP contribution in [0.3, 0.4) is 0 Å². The zero-order chi connectivity index (χ0) is 17.4. The number of hydrogen-bond donors (Lipinski definition) is 2. The highest BCUT2D eigenvalue weighted by atomic mass is 19.1. The number of nitrogens with one attached hydrogen (secondary N) is 1. The van der Waals surface area contributed by atoms with Crippen LogP contribution in [0.25, 0.3) is 0 Å². The number of likely N-dealkylation sites (tertiary alicyclic amines) is 1. The number of aromatic hydroxyl groups is 1. The number of carbonyl (C=O) groups excluding carboxylic acids is 1. The van der Waals surface area contributed by atoms with Gasteiger partial charge >= 0.3 is 0 Å². The number of nitrogens with zero attached hydrogens (tertiary/aromatic N) is 1. The van der Waals surface area contributed by atoms with Crippen molar-refractivity contribution in [3.05, 3.63) is 29.6 Å². The van der Waals surface area contributed by atoms with E-state index < -0.39 is 5.82 Å². The fourth-order valence-electron chi connectivity index (χ4n) is 4.80. The van der Waals surface area contributed by atoms with Crippen molar-refractivity contribution in [2.75, 3.05) is 19.6 Å². The highest BCUT2D eigenvalue weighted by Crippen LogP contribution is 2.46. The van der Waals surface area contributed by atoms with Crippen molar-refractivity contribution in [2.24, 2.45) is 5.41 Å². The van der Waals surface area contributed by atoms with Crippen molar-refractivity contribution in [3.8, 4) is 5.75 Å². The first-order valence-corrected chi connectivity index (χ1v) is 9.56. The van der Waals surface area contributed by atoms with Gasteiger partial charge in [-0.05, 0) is 61.6 Å². The second-order valence-corrected chi connectivity index (χ2v) is 8.19. The molecule has 2 heterocycles. The number of phenolic OH excluding ortho intramolecular Hbond substituents is 1. The second-order valence-electron chi connectivity index (χ2n) is 8.19. The van der Waals surface area contributed by atoms with Crippen molar-refractivity contribution < 1.29 is 14.3 Å². The second kappa shape index (κ2) is 6.60. The Balaban J connectivity index is 1.39.